The monoisotopic (exact) mass is 322 g/mol. The third kappa shape index (κ3) is 8.18. The highest BCUT2D eigenvalue weighted by atomic mass is 16.6. The molecule has 0 bridgehead atoms. The molecule has 0 aliphatic rings. The topological polar surface area (TPSA) is 81.5 Å². The van der Waals surface area contributed by atoms with Gasteiger partial charge in [0.1, 0.15) is 5.60 Å². The molecule has 6 heteroatoms. The molecule has 0 radical (unpaired) electrons. The molecule has 1 amide bonds. The molecule has 0 fully saturated rings. The molecule has 1 aromatic carbocycles. The van der Waals surface area contributed by atoms with E-state index in [9.17, 15) is 14.9 Å². The van der Waals surface area contributed by atoms with Gasteiger partial charge in [-0.2, -0.15) is 0 Å². The molecule has 0 aromatic heterocycles. The predicted molar refractivity (Wildman–Crippen MR) is 89.0 cm³/mol. The number of nitrogens with zero attached hydrogens (tertiary/aromatic N) is 1. The molecular formula is C17H26N2O4. The molecule has 2 atom stereocenters. The van der Waals surface area contributed by atoms with Crippen LogP contribution in [-0.2, 0) is 11.2 Å². The first-order chi connectivity index (χ1) is 10.7. The maximum atomic E-state index is 11.7. The van der Waals surface area contributed by atoms with Crippen LogP contribution in [0.25, 0.3) is 0 Å². The molecule has 23 heavy (non-hydrogen) atoms. The number of benzene rings is 1. The van der Waals surface area contributed by atoms with Gasteiger partial charge in [0.15, 0.2) is 0 Å². The lowest BCUT2D eigenvalue weighted by Crippen LogP contribution is -2.40. The van der Waals surface area contributed by atoms with Gasteiger partial charge >= 0.3 is 6.09 Å². The summed E-state index contributed by atoms with van der Waals surface area (Å²) < 4.78 is 5.16. The number of aryl methyl sites for hydroxylation is 1. The second-order valence-corrected chi connectivity index (χ2v) is 6.75. The largest absolute Gasteiger partial charge is 0.444 e. The molecule has 128 valence electrons. The number of nitro groups is 1. The minimum absolute atomic E-state index is 0.268. The van der Waals surface area contributed by atoms with Crippen LogP contribution in [0, 0.1) is 10.1 Å². The van der Waals surface area contributed by atoms with Gasteiger partial charge < -0.3 is 10.1 Å². The number of rotatable bonds is 7. The Kier molecular flexibility index (Phi) is 7.00. The molecular weight excluding hydrogens is 296 g/mol. The van der Waals surface area contributed by atoms with Crippen molar-refractivity contribution < 1.29 is 14.5 Å². The maximum Gasteiger partial charge on any atom is 0.407 e. The molecule has 1 rings (SSSR count). The maximum absolute atomic E-state index is 11.7. The van der Waals surface area contributed by atoms with E-state index in [-0.39, 0.29) is 17.4 Å². The number of ether oxygens (including phenoxy) is 1. The number of hydrogen-bond acceptors (Lipinski definition) is 4. The van der Waals surface area contributed by atoms with Crippen LogP contribution in [0.1, 0.15) is 46.1 Å². The first-order valence-corrected chi connectivity index (χ1v) is 7.84. The Morgan fingerprint density at radius 1 is 1.30 bits per heavy atom. The van der Waals surface area contributed by atoms with E-state index in [1.165, 1.54) is 0 Å². The van der Waals surface area contributed by atoms with E-state index in [1.807, 2.05) is 30.3 Å². The lowest BCUT2D eigenvalue weighted by Gasteiger charge is -2.22. The second kappa shape index (κ2) is 8.50. The molecule has 0 saturated carbocycles. The van der Waals surface area contributed by atoms with Crippen molar-refractivity contribution in [3.63, 3.8) is 0 Å². The van der Waals surface area contributed by atoms with Crippen LogP contribution in [-0.4, -0.2) is 28.7 Å². The van der Waals surface area contributed by atoms with Crippen molar-refractivity contribution >= 4 is 6.09 Å². The number of carbonyl (C=O) groups excluding carboxylic acids is 1. The molecule has 6 nitrogen and oxygen atoms in total. The van der Waals surface area contributed by atoms with Crippen molar-refractivity contribution in [2.75, 3.05) is 0 Å². The molecule has 0 aliphatic heterocycles. The standard InChI is InChI=1S/C17H26N2O4/c1-13(18-16(20)23-17(2,3)4)12-15(19(21)22)11-10-14-8-6-5-7-9-14/h5-9,13,15H,10-12H2,1-4H3,(H,18,20)/t13-,15?/m1/s1. The highest BCUT2D eigenvalue weighted by molar-refractivity contribution is 5.68. The summed E-state index contributed by atoms with van der Waals surface area (Å²) in [6, 6.07) is 8.66. The Morgan fingerprint density at radius 3 is 2.43 bits per heavy atom. The number of carbonyl (C=O) groups is 1. The van der Waals surface area contributed by atoms with Crippen molar-refractivity contribution in [2.45, 2.75) is 64.6 Å². The van der Waals surface area contributed by atoms with Crippen molar-refractivity contribution in [2.24, 2.45) is 0 Å². The lowest BCUT2D eigenvalue weighted by atomic mass is 10.0. The minimum atomic E-state index is -0.694. The van der Waals surface area contributed by atoms with Gasteiger partial charge in [0.25, 0.3) is 0 Å². The van der Waals surface area contributed by atoms with Crippen LogP contribution in [0.2, 0.25) is 0 Å². The number of amides is 1. The smallest absolute Gasteiger partial charge is 0.407 e. The first kappa shape index (κ1) is 18.9. The summed E-state index contributed by atoms with van der Waals surface area (Å²) in [6.07, 6.45) is 0.817. The van der Waals surface area contributed by atoms with Gasteiger partial charge in [-0.25, -0.2) is 4.79 Å². The summed E-state index contributed by atoms with van der Waals surface area (Å²) >= 11 is 0. The predicted octanol–water partition coefficient (Wildman–Crippen LogP) is 3.57. The van der Waals surface area contributed by atoms with Crippen LogP contribution < -0.4 is 5.32 Å². The van der Waals surface area contributed by atoms with E-state index in [0.717, 1.165) is 5.56 Å². The van der Waals surface area contributed by atoms with E-state index < -0.39 is 17.7 Å². The van der Waals surface area contributed by atoms with Gasteiger partial charge in [-0.05, 0) is 39.7 Å². The quantitative estimate of drug-likeness (QED) is 0.614. The zero-order valence-corrected chi connectivity index (χ0v) is 14.2. The second-order valence-electron chi connectivity index (χ2n) is 6.75. The average Bonchev–Trinajstić information content (AvgIpc) is 2.42. The molecule has 1 aromatic rings. The number of hydrogen-bond donors (Lipinski definition) is 1. The Morgan fingerprint density at radius 2 is 1.91 bits per heavy atom. The fourth-order valence-electron chi connectivity index (χ4n) is 2.26. The molecule has 0 saturated heterocycles. The Bertz CT molecular complexity index is 511. The normalized spacial score (nSPS) is 13.9. The summed E-state index contributed by atoms with van der Waals surface area (Å²) in [4.78, 5) is 22.7. The Hall–Kier alpha value is -2.11. The molecule has 0 aliphatic carbocycles. The van der Waals surface area contributed by atoms with Crippen LogP contribution in [0.3, 0.4) is 0 Å². The fourth-order valence-corrected chi connectivity index (χ4v) is 2.26. The van der Waals surface area contributed by atoms with Crippen LogP contribution >= 0.6 is 0 Å². The zero-order valence-electron chi connectivity index (χ0n) is 14.2. The van der Waals surface area contributed by atoms with Crippen molar-refractivity contribution in [1.82, 2.24) is 5.32 Å². The van der Waals surface area contributed by atoms with E-state index >= 15 is 0 Å². The van der Waals surface area contributed by atoms with Crippen LogP contribution in [0.4, 0.5) is 4.79 Å². The van der Waals surface area contributed by atoms with E-state index in [4.69, 9.17) is 4.74 Å². The van der Waals surface area contributed by atoms with Gasteiger partial charge in [0.2, 0.25) is 6.04 Å². The number of alkyl carbamates (subject to hydrolysis) is 1. The van der Waals surface area contributed by atoms with Crippen LogP contribution in [0.5, 0.6) is 0 Å². The number of nitrogens with one attached hydrogen (secondary N) is 1. The SMILES string of the molecule is C[C@H](CC(CCc1ccccc1)[N+](=O)[O-])NC(=O)OC(C)(C)C. The fraction of sp³-hybridized carbons (Fsp3) is 0.588. The van der Waals surface area contributed by atoms with Crippen molar-refractivity contribution in [3.05, 3.63) is 46.0 Å². The summed E-state index contributed by atoms with van der Waals surface area (Å²) in [7, 11) is 0. The van der Waals surface area contributed by atoms with Gasteiger partial charge in [0.05, 0.1) is 0 Å². The molecule has 1 unspecified atom stereocenters. The van der Waals surface area contributed by atoms with Crippen molar-refractivity contribution in [3.8, 4) is 0 Å². The molecule has 0 heterocycles. The third-order valence-corrected chi connectivity index (χ3v) is 3.30. The van der Waals surface area contributed by atoms with E-state index in [0.29, 0.717) is 12.8 Å². The zero-order chi connectivity index (χ0) is 17.5. The van der Waals surface area contributed by atoms with E-state index in [1.54, 1.807) is 27.7 Å². The first-order valence-electron chi connectivity index (χ1n) is 7.84. The Labute approximate surface area is 137 Å². The molecule has 0 spiro atoms. The van der Waals surface area contributed by atoms with E-state index in [2.05, 4.69) is 5.32 Å². The van der Waals surface area contributed by atoms with Crippen LogP contribution in [0.15, 0.2) is 30.3 Å². The van der Waals surface area contributed by atoms with Crippen molar-refractivity contribution in [1.29, 1.82) is 0 Å². The molecule has 1 N–H and O–H groups in total. The Balaban J connectivity index is 2.48. The average molecular weight is 322 g/mol. The summed E-state index contributed by atoms with van der Waals surface area (Å²) in [5, 5.41) is 13.9. The summed E-state index contributed by atoms with van der Waals surface area (Å²) in [6.45, 7) is 7.08. The lowest BCUT2D eigenvalue weighted by molar-refractivity contribution is -0.524. The summed E-state index contributed by atoms with van der Waals surface area (Å²) in [5.41, 5.74) is 0.492. The third-order valence-electron chi connectivity index (χ3n) is 3.30. The highest BCUT2D eigenvalue weighted by Gasteiger charge is 2.25. The van der Waals surface area contributed by atoms with Gasteiger partial charge in [-0.15, -0.1) is 0 Å². The van der Waals surface area contributed by atoms with Gasteiger partial charge in [0, 0.05) is 23.8 Å². The van der Waals surface area contributed by atoms with Gasteiger partial charge in [-0.3, -0.25) is 10.1 Å². The minimum Gasteiger partial charge on any atom is -0.444 e. The van der Waals surface area contributed by atoms with Gasteiger partial charge in [-0.1, -0.05) is 30.3 Å². The highest BCUT2D eigenvalue weighted by Crippen LogP contribution is 2.13. The summed E-state index contributed by atoms with van der Waals surface area (Å²) in [5.74, 6) is 0.